The van der Waals surface area contributed by atoms with E-state index in [2.05, 4.69) is 28.2 Å². The molecule has 33 heavy (non-hydrogen) atoms. The lowest BCUT2D eigenvalue weighted by Gasteiger charge is -2.41. The van der Waals surface area contributed by atoms with Gasteiger partial charge in [-0.1, -0.05) is 19.4 Å². The van der Waals surface area contributed by atoms with Crippen LogP contribution in [0.3, 0.4) is 0 Å². The minimum atomic E-state index is -0.173. The Hall–Kier alpha value is -2.35. The van der Waals surface area contributed by atoms with Crippen LogP contribution in [0.15, 0.2) is 18.3 Å². The number of likely N-dealkylation sites (tertiary alicyclic amines) is 2. The molecule has 0 saturated carbocycles. The number of hydrogen-bond acceptors (Lipinski definition) is 5. The fourth-order valence-corrected chi connectivity index (χ4v) is 5.59. The van der Waals surface area contributed by atoms with E-state index >= 15 is 0 Å². The van der Waals surface area contributed by atoms with Crippen molar-refractivity contribution in [3.8, 4) is 0 Å². The molecule has 8 heteroatoms. The Balaban J connectivity index is 1.31. The van der Waals surface area contributed by atoms with Crippen LogP contribution in [-0.4, -0.2) is 79.3 Å². The number of amides is 3. The highest BCUT2D eigenvalue weighted by atomic mass is 16.6. The van der Waals surface area contributed by atoms with E-state index < -0.39 is 0 Å². The maximum absolute atomic E-state index is 12.9. The number of nitrogens with one attached hydrogen (secondary N) is 1. The molecule has 4 rings (SSSR count). The Labute approximate surface area is 197 Å². The van der Waals surface area contributed by atoms with Gasteiger partial charge in [-0.25, -0.2) is 14.6 Å². The first-order chi connectivity index (χ1) is 16.1. The van der Waals surface area contributed by atoms with E-state index in [0.717, 1.165) is 83.6 Å². The lowest BCUT2D eigenvalue weighted by atomic mass is 9.74. The van der Waals surface area contributed by atoms with Crippen molar-refractivity contribution in [2.24, 2.45) is 5.92 Å². The summed E-state index contributed by atoms with van der Waals surface area (Å²) in [6.07, 6.45) is 7.86. The first kappa shape index (κ1) is 23.8. The van der Waals surface area contributed by atoms with Crippen molar-refractivity contribution in [3.05, 3.63) is 23.9 Å². The van der Waals surface area contributed by atoms with Crippen molar-refractivity contribution >= 4 is 17.9 Å². The highest BCUT2D eigenvalue weighted by Gasteiger charge is 2.47. The van der Waals surface area contributed by atoms with Gasteiger partial charge in [-0.05, 0) is 64.1 Å². The zero-order valence-electron chi connectivity index (χ0n) is 20.2. The zero-order chi connectivity index (χ0) is 23.3. The summed E-state index contributed by atoms with van der Waals surface area (Å²) in [5, 5.41) is 3.07. The van der Waals surface area contributed by atoms with Crippen molar-refractivity contribution in [1.29, 1.82) is 0 Å². The Bertz CT molecular complexity index is 816. The molecule has 0 aromatic carbocycles. The molecule has 2 saturated heterocycles. The number of anilines is 1. The van der Waals surface area contributed by atoms with Gasteiger partial charge >= 0.3 is 12.1 Å². The minimum absolute atomic E-state index is 0.00939. The molecule has 1 N–H and O–H groups in total. The van der Waals surface area contributed by atoms with Crippen LogP contribution < -0.4 is 10.2 Å². The van der Waals surface area contributed by atoms with Crippen LogP contribution in [-0.2, 0) is 10.2 Å². The number of nitrogens with zero attached hydrogens (tertiary/aromatic N) is 4. The number of unbranched alkanes of at least 4 members (excludes halogenated alkanes) is 1. The van der Waals surface area contributed by atoms with Crippen LogP contribution in [0.1, 0.15) is 57.9 Å². The topological polar surface area (TPSA) is 78.0 Å². The largest absolute Gasteiger partial charge is 0.450 e. The quantitative estimate of drug-likeness (QED) is 0.660. The Morgan fingerprint density at radius 2 is 1.94 bits per heavy atom. The highest BCUT2D eigenvalue weighted by Crippen LogP contribution is 2.46. The molecule has 2 fully saturated rings. The predicted molar refractivity (Wildman–Crippen MR) is 129 cm³/mol. The summed E-state index contributed by atoms with van der Waals surface area (Å²) in [6.45, 7) is 10.6. The SMILES string of the molecule is CCCCNC(=O)N1CC2(CCN(CC3CCN(C(=O)OCC)CC3)CC2)c2cccnc21. The molecule has 1 spiro atoms. The number of piperidine rings is 2. The Kier molecular flexibility index (Phi) is 7.73. The lowest BCUT2D eigenvalue weighted by Crippen LogP contribution is -2.49. The van der Waals surface area contributed by atoms with Crippen LogP contribution in [0, 0.1) is 5.92 Å². The van der Waals surface area contributed by atoms with Crippen molar-refractivity contribution in [1.82, 2.24) is 20.1 Å². The fraction of sp³-hybridized carbons (Fsp3) is 0.720. The third kappa shape index (κ3) is 5.26. The Morgan fingerprint density at radius 3 is 2.64 bits per heavy atom. The minimum Gasteiger partial charge on any atom is -0.450 e. The number of hydrogen-bond donors (Lipinski definition) is 1. The maximum Gasteiger partial charge on any atom is 0.409 e. The van der Waals surface area contributed by atoms with E-state index in [1.54, 1.807) is 6.20 Å². The van der Waals surface area contributed by atoms with Gasteiger partial charge < -0.3 is 19.9 Å². The van der Waals surface area contributed by atoms with Gasteiger partial charge in [0.05, 0.1) is 6.61 Å². The van der Waals surface area contributed by atoms with Crippen molar-refractivity contribution in [2.45, 2.75) is 57.8 Å². The van der Waals surface area contributed by atoms with Crippen LogP contribution >= 0.6 is 0 Å². The molecule has 3 aliphatic rings. The monoisotopic (exact) mass is 457 g/mol. The molecular formula is C25H39N5O3. The van der Waals surface area contributed by atoms with E-state index in [9.17, 15) is 9.59 Å². The Morgan fingerprint density at radius 1 is 1.18 bits per heavy atom. The average Bonchev–Trinajstić information content (AvgIpc) is 3.16. The molecule has 0 atom stereocenters. The maximum atomic E-state index is 12.9. The molecule has 3 amide bonds. The van der Waals surface area contributed by atoms with Gasteiger partial charge in [0, 0.05) is 49.9 Å². The summed E-state index contributed by atoms with van der Waals surface area (Å²) < 4.78 is 5.14. The summed E-state index contributed by atoms with van der Waals surface area (Å²) in [6, 6.07) is 4.15. The van der Waals surface area contributed by atoms with Crippen LogP contribution in [0.2, 0.25) is 0 Å². The number of carbonyl (C=O) groups is 2. The molecule has 0 radical (unpaired) electrons. The van der Waals surface area contributed by atoms with Crippen molar-refractivity contribution < 1.29 is 14.3 Å². The number of pyridine rings is 1. The lowest BCUT2D eigenvalue weighted by molar-refractivity contribution is 0.0798. The van der Waals surface area contributed by atoms with Crippen molar-refractivity contribution in [3.63, 3.8) is 0 Å². The van der Waals surface area contributed by atoms with Gasteiger partial charge in [-0.2, -0.15) is 0 Å². The molecule has 0 aliphatic carbocycles. The second-order valence-corrected chi connectivity index (χ2v) is 9.76. The molecule has 1 aromatic heterocycles. The second kappa shape index (κ2) is 10.7. The van der Waals surface area contributed by atoms with Gasteiger partial charge in [0.2, 0.25) is 0 Å². The van der Waals surface area contributed by atoms with E-state index in [1.165, 1.54) is 5.56 Å². The predicted octanol–water partition coefficient (Wildman–Crippen LogP) is 3.61. The van der Waals surface area contributed by atoms with Gasteiger partial charge in [-0.15, -0.1) is 0 Å². The number of urea groups is 1. The van der Waals surface area contributed by atoms with Crippen LogP contribution in [0.5, 0.6) is 0 Å². The van der Waals surface area contributed by atoms with Gasteiger partial charge in [0.1, 0.15) is 5.82 Å². The first-order valence-electron chi connectivity index (χ1n) is 12.7. The normalized spacial score (nSPS) is 20.7. The summed E-state index contributed by atoms with van der Waals surface area (Å²) in [7, 11) is 0. The average molecular weight is 458 g/mol. The summed E-state index contributed by atoms with van der Waals surface area (Å²) in [5.74, 6) is 1.47. The number of ether oxygens (including phenoxy) is 1. The fourth-order valence-electron chi connectivity index (χ4n) is 5.59. The van der Waals surface area contributed by atoms with Gasteiger partial charge in [0.15, 0.2) is 0 Å². The van der Waals surface area contributed by atoms with E-state index in [1.807, 2.05) is 22.8 Å². The van der Waals surface area contributed by atoms with Gasteiger partial charge in [-0.3, -0.25) is 4.90 Å². The number of rotatable bonds is 6. The molecular weight excluding hydrogens is 418 g/mol. The number of carbonyl (C=O) groups excluding carboxylic acids is 2. The molecule has 8 nitrogen and oxygen atoms in total. The summed E-state index contributed by atoms with van der Waals surface area (Å²) in [5.41, 5.74) is 1.24. The highest BCUT2D eigenvalue weighted by molar-refractivity contribution is 5.93. The molecule has 0 unspecified atom stereocenters. The molecule has 4 heterocycles. The molecule has 182 valence electrons. The zero-order valence-corrected chi connectivity index (χ0v) is 20.2. The standard InChI is InChI=1S/C25H39N5O3/c1-3-5-12-27-23(31)30-19-25(21-7-6-13-26-22(21)30)10-16-28(17-11-25)18-20-8-14-29(15-9-20)24(32)33-4-2/h6-7,13,20H,3-5,8-12,14-19H2,1-2H3,(H,27,31). The second-order valence-electron chi connectivity index (χ2n) is 9.76. The van der Waals surface area contributed by atoms with Gasteiger partial charge in [0.25, 0.3) is 0 Å². The van der Waals surface area contributed by atoms with E-state index in [-0.39, 0.29) is 17.5 Å². The number of fused-ring (bicyclic) bond motifs is 2. The van der Waals surface area contributed by atoms with E-state index in [4.69, 9.17) is 4.74 Å². The first-order valence-corrected chi connectivity index (χ1v) is 12.7. The van der Waals surface area contributed by atoms with Crippen molar-refractivity contribution in [2.75, 3.05) is 57.3 Å². The molecule has 3 aliphatic heterocycles. The summed E-state index contributed by atoms with van der Waals surface area (Å²) in [4.78, 5) is 35.7. The van der Waals surface area contributed by atoms with E-state index in [0.29, 0.717) is 19.1 Å². The molecule has 1 aromatic rings. The molecule has 0 bridgehead atoms. The third-order valence-electron chi connectivity index (χ3n) is 7.60. The van der Waals surface area contributed by atoms with Crippen LogP contribution in [0.4, 0.5) is 15.4 Å². The number of aromatic nitrogens is 1. The smallest absolute Gasteiger partial charge is 0.409 e. The summed E-state index contributed by atoms with van der Waals surface area (Å²) >= 11 is 0. The third-order valence-corrected chi connectivity index (χ3v) is 7.60. The van der Waals surface area contributed by atoms with Crippen LogP contribution in [0.25, 0.3) is 0 Å².